The van der Waals surface area contributed by atoms with Crippen molar-refractivity contribution in [3.8, 4) is 0 Å². The molecule has 5 unspecified atom stereocenters. The highest BCUT2D eigenvalue weighted by atomic mass is 15.0. The molecule has 1 N–H and O–H groups in total. The highest BCUT2D eigenvalue weighted by Crippen LogP contribution is 2.45. The van der Waals surface area contributed by atoms with E-state index < -0.39 is 0 Å². The molecule has 1 aliphatic heterocycles. The monoisotopic (exact) mass is 337 g/mol. The summed E-state index contributed by atoms with van der Waals surface area (Å²) in [6, 6.07) is 1.34. The molecule has 0 aromatic rings. The fourth-order valence-corrected chi connectivity index (χ4v) is 5.90. The second kappa shape index (κ2) is 7.66. The third-order valence-corrected chi connectivity index (χ3v) is 7.16. The largest absolute Gasteiger partial charge is 0.310 e. The Bertz CT molecular complexity index is 591. The van der Waals surface area contributed by atoms with Crippen LogP contribution in [0.1, 0.15) is 65.2 Å². The van der Waals surface area contributed by atoms with Gasteiger partial charge in [-0.05, 0) is 80.6 Å². The Labute approximate surface area is 154 Å². The predicted molar refractivity (Wildman–Crippen MR) is 107 cm³/mol. The smallest absolute Gasteiger partial charge is 0.0136 e. The molecule has 25 heavy (non-hydrogen) atoms. The molecule has 0 aromatic carbocycles. The van der Waals surface area contributed by atoms with Crippen LogP contribution in [0.2, 0.25) is 0 Å². The first-order valence-corrected chi connectivity index (χ1v) is 10.7. The Balaban J connectivity index is 1.52. The van der Waals surface area contributed by atoms with Crippen molar-refractivity contribution in [2.75, 3.05) is 0 Å². The van der Waals surface area contributed by atoms with Crippen LogP contribution in [-0.4, -0.2) is 12.1 Å². The van der Waals surface area contributed by atoms with E-state index in [1.54, 1.807) is 11.1 Å². The predicted octanol–water partition coefficient (Wildman–Crippen LogP) is 5.96. The second-order valence-electron chi connectivity index (χ2n) is 9.00. The van der Waals surface area contributed by atoms with E-state index in [2.05, 4.69) is 55.6 Å². The van der Waals surface area contributed by atoms with Crippen molar-refractivity contribution in [1.29, 1.82) is 0 Å². The van der Waals surface area contributed by atoms with Gasteiger partial charge in [-0.2, -0.15) is 0 Å². The first-order valence-electron chi connectivity index (χ1n) is 10.7. The highest BCUT2D eigenvalue weighted by Gasteiger charge is 2.40. The van der Waals surface area contributed by atoms with E-state index in [1.165, 1.54) is 51.4 Å². The molecule has 0 radical (unpaired) electrons. The summed E-state index contributed by atoms with van der Waals surface area (Å²) in [4.78, 5) is 0. The van der Waals surface area contributed by atoms with E-state index in [0.29, 0.717) is 18.0 Å². The normalized spacial score (nSPS) is 38.3. The molecule has 1 fully saturated rings. The summed E-state index contributed by atoms with van der Waals surface area (Å²) in [6.07, 6.45) is 24.9. The average Bonchev–Trinajstić information content (AvgIpc) is 2.68. The van der Waals surface area contributed by atoms with E-state index in [0.717, 1.165) is 17.8 Å². The first kappa shape index (κ1) is 17.3. The number of piperidine rings is 1. The summed E-state index contributed by atoms with van der Waals surface area (Å²) in [5, 5.41) is 4.13. The third-order valence-electron chi connectivity index (χ3n) is 7.16. The fourth-order valence-electron chi connectivity index (χ4n) is 5.90. The molecule has 1 nitrogen and oxygen atoms in total. The lowest BCUT2D eigenvalue weighted by molar-refractivity contribution is 0.124. The maximum atomic E-state index is 4.13. The topological polar surface area (TPSA) is 12.0 Å². The van der Waals surface area contributed by atoms with Crippen LogP contribution < -0.4 is 5.32 Å². The summed E-state index contributed by atoms with van der Waals surface area (Å²) >= 11 is 0. The van der Waals surface area contributed by atoms with Gasteiger partial charge in [-0.15, -0.1) is 0 Å². The van der Waals surface area contributed by atoms with Crippen LogP contribution in [0.3, 0.4) is 0 Å². The Hall–Kier alpha value is -1.08. The minimum Gasteiger partial charge on any atom is -0.310 e. The summed E-state index contributed by atoms with van der Waals surface area (Å²) < 4.78 is 0. The molecule has 4 aliphatic rings. The van der Waals surface area contributed by atoms with Crippen LogP contribution in [0.25, 0.3) is 0 Å². The molecule has 3 aliphatic carbocycles. The summed E-state index contributed by atoms with van der Waals surface area (Å²) in [5.41, 5.74) is 3.54. The maximum absolute atomic E-state index is 4.13. The van der Waals surface area contributed by atoms with Gasteiger partial charge in [-0.1, -0.05) is 55.9 Å². The van der Waals surface area contributed by atoms with Crippen LogP contribution in [0.5, 0.6) is 0 Å². The molecule has 0 aromatic heterocycles. The van der Waals surface area contributed by atoms with Gasteiger partial charge in [-0.25, -0.2) is 0 Å². The number of nitrogens with one attached hydrogen (secondary N) is 1. The zero-order valence-electron chi connectivity index (χ0n) is 16.1. The minimum atomic E-state index is 0.670. The van der Waals surface area contributed by atoms with E-state index in [9.17, 15) is 0 Å². The van der Waals surface area contributed by atoms with Crippen molar-refractivity contribution in [2.45, 2.75) is 77.3 Å². The molecule has 0 spiro atoms. The van der Waals surface area contributed by atoms with Gasteiger partial charge in [0.2, 0.25) is 0 Å². The fraction of sp³-hybridized carbons (Fsp3) is 0.667. The average molecular weight is 338 g/mol. The van der Waals surface area contributed by atoms with Crippen LogP contribution in [-0.2, 0) is 0 Å². The molecular formula is C24H35N. The minimum absolute atomic E-state index is 0.670. The zero-order chi connectivity index (χ0) is 17.2. The Kier molecular flexibility index (Phi) is 5.31. The van der Waals surface area contributed by atoms with Gasteiger partial charge in [0.1, 0.15) is 0 Å². The van der Waals surface area contributed by atoms with Crippen molar-refractivity contribution in [3.05, 3.63) is 47.6 Å². The lowest BCUT2D eigenvalue weighted by Crippen LogP contribution is -2.54. The molecule has 136 valence electrons. The molecule has 4 rings (SSSR count). The Morgan fingerprint density at radius 2 is 1.96 bits per heavy atom. The number of rotatable bonds is 3. The highest BCUT2D eigenvalue weighted by molar-refractivity contribution is 5.34. The zero-order valence-corrected chi connectivity index (χ0v) is 16.1. The summed E-state index contributed by atoms with van der Waals surface area (Å²) in [7, 11) is 0. The van der Waals surface area contributed by atoms with E-state index in [-0.39, 0.29) is 0 Å². The van der Waals surface area contributed by atoms with Gasteiger partial charge in [0, 0.05) is 12.1 Å². The van der Waals surface area contributed by atoms with Crippen molar-refractivity contribution in [2.24, 2.45) is 23.7 Å². The molecule has 0 amide bonds. The number of hydrogen-bond donors (Lipinski definition) is 1. The lowest BCUT2D eigenvalue weighted by atomic mass is 9.65. The van der Waals surface area contributed by atoms with E-state index in [1.807, 2.05) is 0 Å². The molecule has 1 heteroatoms. The van der Waals surface area contributed by atoms with Crippen molar-refractivity contribution in [3.63, 3.8) is 0 Å². The van der Waals surface area contributed by atoms with Gasteiger partial charge in [0.25, 0.3) is 0 Å². The van der Waals surface area contributed by atoms with Crippen molar-refractivity contribution in [1.82, 2.24) is 5.32 Å². The molecule has 1 saturated heterocycles. The maximum Gasteiger partial charge on any atom is 0.0136 e. The van der Waals surface area contributed by atoms with Crippen LogP contribution in [0.4, 0.5) is 0 Å². The molecular weight excluding hydrogens is 302 g/mol. The van der Waals surface area contributed by atoms with Crippen LogP contribution in [0, 0.1) is 23.7 Å². The first-order chi connectivity index (χ1) is 12.2. The SMILES string of the molecule is CC(C)C1NC(C2C=CC=CC2)CCC1C1CCCC2=C1C=CCC2. The van der Waals surface area contributed by atoms with Crippen LogP contribution >= 0.6 is 0 Å². The third kappa shape index (κ3) is 3.58. The summed E-state index contributed by atoms with van der Waals surface area (Å²) in [5.74, 6) is 3.05. The molecule has 5 atom stereocenters. The quantitative estimate of drug-likeness (QED) is 0.670. The number of allylic oxidation sites excluding steroid dienone is 7. The van der Waals surface area contributed by atoms with Crippen LogP contribution in [0.15, 0.2) is 47.6 Å². The Morgan fingerprint density at radius 3 is 2.76 bits per heavy atom. The van der Waals surface area contributed by atoms with Gasteiger partial charge < -0.3 is 5.32 Å². The standard InChI is InChI=1S/C24H35N/c1-17(2)24-22(15-16-23(25-24)19-10-4-3-5-11-19)21-14-8-12-18-9-6-7-13-20(18)21/h3-5,7,10,13,17,19,21-25H,6,8-9,11-12,14-16H2,1-2H3. The van der Waals surface area contributed by atoms with E-state index >= 15 is 0 Å². The van der Waals surface area contributed by atoms with E-state index in [4.69, 9.17) is 0 Å². The number of hydrogen-bond acceptors (Lipinski definition) is 1. The summed E-state index contributed by atoms with van der Waals surface area (Å²) in [6.45, 7) is 4.86. The molecule has 0 saturated carbocycles. The Morgan fingerprint density at radius 1 is 1.04 bits per heavy atom. The lowest BCUT2D eigenvalue weighted by Gasteiger charge is -2.47. The van der Waals surface area contributed by atoms with Gasteiger partial charge >= 0.3 is 0 Å². The van der Waals surface area contributed by atoms with Gasteiger partial charge in [-0.3, -0.25) is 0 Å². The molecule has 1 heterocycles. The van der Waals surface area contributed by atoms with Crippen molar-refractivity contribution >= 4 is 0 Å². The second-order valence-corrected chi connectivity index (χ2v) is 9.00. The van der Waals surface area contributed by atoms with Gasteiger partial charge in [0.05, 0.1) is 0 Å². The van der Waals surface area contributed by atoms with Gasteiger partial charge in [0.15, 0.2) is 0 Å². The molecule has 0 bridgehead atoms. The van der Waals surface area contributed by atoms with Crippen molar-refractivity contribution < 1.29 is 0 Å².